The molecule has 0 bridgehead atoms. The summed E-state index contributed by atoms with van der Waals surface area (Å²) in [6.45, 7) is 0. The summed E-state index contributed by atoms with van der Waals surface area (Å²) in [4.78, 5) is 10.4. The molecule has 0 amide bonds. The predicted molar refractivity (Wildman–Crippen MR) is 46.8 cm³/mol. The molecule has 1 rings (SSSR count). The Balaban J connectivity index is 0.00000121. The minimum absolute atomic E-state index is 0. The zero-order valence-electron chi connectivity index (χ0n) is 6.90. The Labute approximate surface area is 92.9 Å². The Morgan fingerprint density at radius 3 is 2.25 bits per heavy atom. The normalized spacial score (nSPS) is 11.4. The molecule has 4 heteroatoms. The van der Waals surface area contributed by atoms with Crippen molar-refractivity contribution in [3.8, 4) is 0 Å². The molecular weight excluding hydrogens is 165 g/mol. The number of hydrogen-bond donors (Lipinski definition) is 2. The minimum Gasteiger partial charge on any atom is -0.480 e. The molecule has 0 aliphatic carbocycles. The van der Waals surface area contributed by atoms with E-state index in [1.165, 1.54) is 0 Å². The Bertz CT molecular complexity index is 250. The van der Waals surface area contributed by atoms with Gasteiger partial charge in [0, 0.05) is 29.6 Å². The van der Waals surface area contributed by atoms with Crippen LogP contribution in [0.5, 0.6) is 0 Å². The van der Waals surface area contributed by atoms with Crippen LogP contribution in [0.1, 0.15) is 11.6 Å². The van der Waals surface area contributed by atoms with Crippen molar-refractivity contribution in [2.45, 2.75) is 6.04 Å². The zero-order valence-corrected chi connectivity index (χ0v) is 8.90. The van der Waals surface area contributed by atoms with Crippen LogP contribution in [0.4, 0.5) is 0 Å². The number of nitrogens with two attached hydrogens (primary N) is 1. The van der Waals surface area contributed by atoms with E-state index in [1.54, 1.807) is 24.3 Å². The molecular formula is C8H9NNaO2. The van der Waals surface area contributed by atoms with Crippen molar-refractivity contribution in [2.75, 3.05) is 0 Å². The number of carboxylic acid groups (broad SMARTS) is 1. The first kappa shape index (κ1) is 11.6. The van der Waals surface area contributed by atoms with E-state index < -0.39 is 12.0 Å². The summed E-state index contributed by atoms with van der Waals surface area (Å²) in [7, 11) is 0. The van der Waals surface area contributed by atoms with Crippen molar-refractivity contribution in [2.24, 2.45) is 5.73 Å². The Morgan fingerprint density at radius 1 is 1.33 bits per heavy atom. The van der Waals surface area contributed by atoms with E-state index in [-0.39, 0.29) is 29.6 Å². The molecule has 59 valence electrons. The summed E-state index contributed by atoms with van der Waals surface area (Å²) >= 11 is 0. The first-order valence-electron chi connectivity index (χ1n) is 3.25. The molecule has 1 aromatic rings. The molecule has 0 saturated heterocycles. The van der Waals surface area contributed by atoms with Crippen molar-refractivity contribution < 1.29 is 9.90 Å². The molecule has 0 unspecified atom stereocenters. The van der Waals surface area contributed by atoms with E-state index in [4.69, 9.17) is 10.8 Å². The van der Waals surface area contributed by atoms with Gasteiger partial charge in [-0.1, -0.05) is 30.3 Å². The maximum atomic E-state index is 10.4. The van der Waals surface area contributed by atoms with Crippen LogP contribution >= 0.6 is 0 Å². The van der Waals surface area contributed by atoms with Crippen LogP contribution in [-0.4, -0.2) is 40.6 Å². The van der Waals surface area contributed by atoms with Gasteiger partial charge in [-0.2, -0.15) is 0 Å². The topological polar surface area (TPSA) is 63.3 Å². The number of carboxylic acids is 1. The molecule has 1 radical (unpaired) electrons. The van der Waals surface area contributed by atoms with Gasteiger partial charge in [-0.05, 0) is 5.56 Å². The molecule has 0 saturated carbocycles. The zero-order chi connectivity index (χ0) is 8.27. The van der Waals surface area contributed by atoms with Gasteiger partial charge in [0.05, 0.1) is 0 Å². The van der Waals surface area contributed by atoms with Crippen molar-refractivity contribution in [1.82, 2.24) is 0 Å². The molecule has 1 aromatic carbocycles. The fraction of sp³-hybridized carbons (Fsp3) is 0.125. The van der Waals surface area contributed by atoms with Crippen LogP contribution in [0.3, 0.4) is 0 Å². The van der Waals surface area contributed by atoms with Crippen LogP contribution in [0.15, 0.2) is 30.3 Å². The molecule has 3 N–H and O–H groups in total. The van der Waals surface area contributed by atoms with Crippen LogP contribution in [0.2, 0.25) is 0 Å². The smallest absolute Gasteiger partial charge is 0.325 e. The molecule has 12 heavy (non-hydrogen) atoms. The summed E-state index contributed by atoms with van der Waals surface area (Å²) in [6, 6.07) is 7.82. The number of hydrogen-bond acceptors (Lipinski definition) is 2. The summed E-state index contributed by atoms with van der Waals surface area (Å²) < 4.78 is 0. The van der Waals surface area contributed by atoms with Crippen molar-refractivity contribution in [1.29, 1.82) is 0 Å². The Kier molecular flexibility index (Phi) is 5.17. The monoisotopic (exact) mass is 174 g/mol. The van der Waals surface area contributed by atoms with Gasteiger partial charge in [0.25, 0.3) is 0 Å². The van der Waals surface area contributed by atoms with E-state index in [0.717, 1.165) is 0 Å². The Hall–Kier alpha value is -0.350. The van der Waals surface area contributed by atoms with Gasteiger partial charge >= 0.3 is 5.97 Å². The molecule has 0 heterocycles. The third-order valence-corrected chi connectivity index (χ3v) is 1.42. The second-order valence-electron chi connectivity index (χ2n) is 2.23. The molecule has 3 nitrogen and oxygen atoms in total. The minimum atomic E-state index is -1.00. The van der Waals surface area contributed by atoms with E-state index in [0.29, 0.717) is 5.56 Å². The maximum absolute atomic E-state index is 10.4. The third-order valence-electron chi connectivity index (χ3n) is 1.42. The second-order valence-corrected chi connectivity index (χ2v) is 2.23. The summed E-state index contributed by atoms with van der Waals surface area (Å²) in [5.41, 5.74) is 5.96. The Morgan fingerprint density at radius 2 is 1.83 bits per heavy atom. The SMILES string of the molecule is N[C@H](C(=O)O)c1ccccc1.[Na]. The fourth-order valence-corrected chi connectivity index (χ4v) is 0.803. The predicted octanol–water partition coefficient (Wildman–Crippen LogP) is 0.390. The number of benzene rings is 1. The van der Waals surface area contributed by atoms with Crippen LogP contribution < -0.4 is 5.73 Å². The standard InChI is InChI=1S/C8H9NO2.Na/c9-7(8(10)11)6-4-2-1-3-5-6;/h1-5,7H,9H2,(H,10,11);/t7-;/m0./s1. The number of aliphatic carboxylic acids is 1. The fourth-order valence-electron chi connectivity index (χ4n) is 0.803. The summed E-state index contributed by atoms with van der Waals surface area (Å²) in [5, 5.41) is 8.51. The molecule has 0 aliphatic rings. The average Bonchev–Trinajstić information content (AvgIpc) is 2.05. The second kappa shape index (κ2) is 5.32. The quantitative estimate of drug-likeness (QED) is 0.637. The van der Waals surface area contributed by atoms with E-state index in [1.807, 2.05) is 6.07 Å². The average molecular weight is 174 g/mol. The van der Waals surface area contributed by atoms with Gasteiger partial charge in [-0.15, -0.1) is 0 Å². The van der Waals surface area contributed by atoms with Gasteiger partial charge in [-0.25, -0.2) is 0 Å². The van der Waals surface area contributed by atoms with Crippen molar-refractivity contribution >= 4 is 35.5 Å². The molecule has 0 aliphatic heterocycles. The van der Waals surface area contributed by atoms with E-state index in [9.17, 15) is 4.79 Å². The van der Waals surface area contributed by atoms with Gasteiger partial charge < -0.3 is 10.8 Å². The summed E-state index contributed by atoms with van der Waals surface area (Å²) in [5.74, 6) is -1.00. The van der Waals surface area contributed by atoms with Crippen LogP contribution in [-0.2, 0) is 4.79 Å². The third kappa shape index (κ3) is 2.95. The van der Waals surface area contributed by atoms with Gasteiger partial charge in [0.2, 0.25) is 0 Å². The summed E-state index contributed by atoms with van der Waals surface area (Å²) in [6.07, 6.45) is 0. The largest absolute Gasteiger partial charge is 0.480 e. The van der Waals surface area contributed by atoms with Crippen molar-refractivity contribution in [3.05, 3.63) is 35.9 Å². The van der Waals surface area contributed by atoms with E-state index >= 15 is 0 Å². The first-order valence-corrected chi connectivity index (χ1v) is 3.25. The molecule has 0 spiro atoms. The van der Waals surface area contributed by atoms with Gasteiger partial charge in [-0.3, -0.25) is 4.79 Å². The number of rotatable bonds is 2. The molecule has 1 atom stereocenters. The first-order chi connectivity index (χ1) is 5.22. The molecule has 0 fully saturated rings. The van der Waals surface area contributed by atoms with Crippen LogP contribution in [0.25, 0.3) is 0 Å². The number of carbonyl (C=O) groups is 1. The van der Waals surface area contributed by atoms with Gasteiger partial charge in [0.1, 0.15) is 6.04 Å². The van der Waals surface area contributed by atoms with E-state index in [2.05, 4.69) is 0 Å². The van der Waals surface area contributed by atoms with Crippen LogP contribution in [0, 0.1) is 0 Å². The van der Waals surface area contributed by atoms with Gasteiger partial charge in [0.15, 0.2) is 0 Å². The molecule has 0 aromatic heterocycles. The maximum Gasteiger partial charge on any atom is 0.325 e. The van der Waals surface area contributed by atoms with Crippen molar-refractivity contribution in [3.63, 3.8) is 0 Å².